The zero-order valence-corrected chi connectivity index (χ0v) is 16.6. The number of nitrogens with one attached hydrogen (secondary N) is 2. The summed E-state index contributed by atoms with van der Waals surface area (Å²) in [6.45, 7) is 13.1. The molecule has 0 atom stereocenters. The maximum atomic E-state index is 14.2. The Hall–Kier alpha value is -1.31. The molecule has 2 N–H and O–H groups in total. The molecule has 0 aliphatic heterocycles. The Labute approximate surface area is 156 Å². The van der Waals surface area contributed by atoms with Crippen molar-refractivity contribution in [1.82, 2.24) is 10.6 Å². The molecule has 0 radical (unpaired) electrons. The summed E-state index contributed by atoms with van der Waals surface area (Å²) >= 11 is 0. The molecule has 0 aromatic heterocycles. The number of hydrogen-bond acceptors (Lipinski definition) is 2. The van der Waals surface area contributed by atoms with Crippen LogP contribution in [0.4, 0.5) is 10.1 Å². The minimum Gasteiger partial charge on any atom is -0.370 e. The minimum absolute atomic E-state index is 0. The highest BCUT2D eigenvalue weighted by Gasteiger charge is 2.09. The highest BCUT2D eigenvalue weighted by Crippen LogP contribution is 2.20. The van der Waals surface area contributed by atoms with Crippen LogP contribution in [-0.4, -0.2) is 32.1 Å². The Morgan fingerprint density at radius 1 is 1.26 bits per heavy atom. The van der Waals surface area contributed by atoms with Crippen LogP contribution in [0.1, 0.15) is 26.3 Å². The van der Waals surface area contributed by atoms with Gasteiger partial charge in [0.1, 0.15) is 5.82 Å². The van der Waals surface area contributed by atoms with Crippen molar-refractivity contribution in [2.45, 2.75) is 27.3 Å². The van der Waals surface area contributed by atoms with Crippen LogP contribution < -0.4 is 15.5 Å². The Bertz CT molecular complexity index is 501. The summed E-state index contributed by atoms with van der Waals surface area (Å²) in [4.78, 5) is 6.44. The SMILES string of the molecule is C=CCNC(=NCc1ccc(N(CC)CC)c(F)c1)NCC.I. The molecule has 0 saturated heterocycles. The fourth-order valence-corrected chi connectivity index (χ4v) is 2.15. The van der Waals surface area contributed by atoms with E-state index in [9.17, 15) is 4.39 Å². The van der Waals surface area contributed by atoms with Gasteiger partial charge in [-0.3, -0.25) is 0 Å². The number of anilines is 1. The highest BCUT2D eigenvalue weighted by molar-refractivity contribution is 14.0. The van der Waals surface area contributed by atoms with Gasteiger partial charge in [0, 0.05) is 26.2 Å². The van der Waals surface area contributed by atoms with E-state index in [2.05, 4.69) is 22.2 Å². The van der Waals surface area contributed by atoms with Gasteiger partial charge in [0.25, 0.3) is 0 Å². The van der Waals surface area contributed by atoms with E-state index in [0.717, 1.165) is 25.2 Å². The zero-order valence-electron chi connectivity index (χ0n) is 14.2. The molecule has 23 heavy (non-hydrogen) atoms. The summed E-state index contributed by atoms with van der Waals surface area (Å²) < 4.78 is 14.2. The van der Waals surface area contributed by atoms with Crippen LogP contribution in [0.25, 0.3) is 0 Å². The Kier molecular flexibility index (Phi) is 11.5. The Morgan fingerprint density at radius 3 is 2.48 bits per heavy atom. The van der Waals surface area contributed by atoms with Crippen molar-refractivity contribution in [2.75, 3.05) is 31.1 Å². The maximum Gasteiger partial charge on any atom is 0.191 e. The lowest BCUT2D eigenvalue weighted by Gasteiger charge is -2.21. The van der Waals surface area contributed by atoms with Crippen molar-refractivity contribution in [2.24, 2.45) is 4.99 Å². The first kappa shape index (κ1) is 21.7. The molecule has 0 aliphatic carbocycles. The molecule has 0 aliphatic rings. The predicted molar refractivity (Wildman–Crippen MR) is 108 cm³/mol. The minimum atomic E-state index is -0.194. The van der Waals surface area contributed by atoms with E-state index in [1.807, 2.05) is 37.8 Å². The summed E-state index contributed by atoms with van der Waals surface area (Å²) in [5.74, 6) is 0.510. The molecule has 130 valence electrons. The third-order valence-corrected chi connectivity index (χ3v) is 3.29. The van der Waals surface area contributed by atoms with Gasteiger partial charge in [0.2, 0.25) is 0 Å². The molecule has 0 unspecified atom stereocenters. The molecule has 0 amide bonds. The van der Waals surface area contributed by atoms with Gasteiger partial charge in [-0.25, -0.2) is 9.38 Å². The number of benzene rings is 1. The van der Waals surface area contributed by atoms with E-state index in [1.165, 1.54) is 0 Å². The van der Waals surface area contributed by atoms with Gasteiger partial charge in [-0.2, -0.15) is 0 Å². The van der Waals surface area contributed by atoms with Gasteiger partial charge in [-0.1, -0.05) is 12.1 Å². The summed E-state index contributed by atoms with van der Waals surface area (Å²) in [6, 6.07) is 5.32. The summed E-state index contributed by atoms with van der Waals surface area (Å²) in [5.41, 5.74) is 1.50. The lowest BCUT2D eigenvalue weighted by molar-refractivity contribution is 0.617. The number of halogens is 2. The normalized spacial score (nSPS) is 10.7. The molecule has 4 nitrogen and oxygen atoms in total. The maximum absolute atomic E-state index is 14.2. The topological polar surface area (TPSA) is 39.7 Å². The van der Waals surface area contributed by atoms with Gasteiger partial charge in [-0.05, 0) is 38.5 Å². The standard InChI is InChI=1S/C17H27FN4.HI/c1-5-11-20-17(19-6-2)21-13-14-9-10-16(15(18)12-14)22(7-3)8-4;/h5,9-10,12H,1,6-8,11,13H2,2-4H3,(H2,19,20,21);1H. The molecule has 0 heterocycles. The first-order valence-electron chi connectivity index (χ1n) is 7.82. The van der Waals surface area contributed by atoms with E-state index in [0.29, 0.717) is 24.7 Å². The lowest BCUT2D eigenvalue weighted by Crippen LogP contribution is -2.37. The Morgan fingerprint density at radius 2 is 1.96 bits per heavy atom. The second-order valence-electron chi connectivity index (χ2n) is 4.82. The van der Waals surface area contributed by atoms with E-state index in [-0.39, 0.29) is 29.8 Å². The monoisotopic (exact) mass is 434 g/mol. The molecule has 0 bridgehead atoms. The molecule has 1 aromatic rings. The summed E-state index contributed by atoms with van der Waals surface area (Å²) in [5, 5.41) is 6.26. The van der Waals surface area contributed by atoms with E-state index in [1.54, 1.807) is 12.1 Å². The van der Waals surface area contributed by atoms with E-state index < -0.39 is 0 Å². The zero-order chi connectivity index (χ0) is 16.4. The van der Waals surface area contributed by atoms with Crippen molar-refractivity contribution in [3.05, 3.63) is 42.2 Å². The van der Waals surface area contributed by atoms with Gasteiger partial charge in [0.15, 0.2) is 5.96 Å². The van der Waals surface area contributed by atoms with Gasteiger partial charge >= 0.3 is 0 Å². The van der Waals surface area contributed by atoms with Crippen LogP contribution in [0, 0.1) is 5.82 Å². The smallest absolute Gasteiger partial charge is 0.191 e. The molecule has 0 fully saturated rings. The average Bonchev–Trinajstić information content (AvgIpc) is 2.53. The van der Waals surface area contributed by atoms with E-state index >= 15 is 0 Å². The summed E-state index contributed by atoms with van der Waals surface area (Å²) in [6.07, 6.45) is 1.77. The lowest BCUT2D eigenvalue weighted by atomic mass is 10.2. The third-order valence-electron chi connectivity index (χ3n) is 3.29. The Balaban J connectivity index is 0.00000484. The molecule has 0 spiro atoms. The molecule has 1 aromatic carbocycles. The fourth-order valence-electron chi connectivity index (χ4n) is 2.15. The number of aliphatic imine (C=N–C) groups is 1. The van der Waals surface area contributed by atoms with Crippen molar-refractivity contribution >= 4 is 35.6 Å². The molecular formula is C17H28FIN4. The second-order valence-corrected chi connectivity index (χ2v) is 4.82. The molecular weight excluding hydrogens is 406 g/mol. The summed E-state index contributed by atoms with van der Waals surface area (Å²) in [7, 11) is 0. The highest BCUT2D eigenvalue weighted by atomic mass is 127. The molecule has 1 rings (SSSR count). The fraction of sp³-hybridized carbons (Fsp3) is 0.471. The number of nitrogens with zero attached hydrogens (tertiary/aromatic N) is 2. The second kappa shape index (κ2) is 12.2. The van der Waals surface area contributed by atoms with Crippen molar-refractivity contribution in [1.29, 1.82) is 0 Å². The van der Waals surface area contributed by atoms with Crippen LogP contribution in [0.3, 0.4) is 0 Å². The predicted octanol–water partition coefficient (Wildman–Crippen LogP) is 3.53. The van der Waals surface area contributed by atoms with Gasteiger partial charge < -0.3 is 15.5 Å². The van der Waals surface area contributed by atoms with Crippen LogP contribution in [0.5, 0.6) is 0 Å². The first-order valence-corrected chi connectivity index (χ1v) is 7.82. The number of rotatable bonds is 8. The van der Waals surface area contributed by atoms with Gasteiger partial charge in [0.05, 0.1) is 12.2 Å². The van der Waals surface area contributed by atoms with E-state index in [4.69, 9.17) is 0 Å². The first-order chi connectivity index (χ1) is 10.7. The average molecular weight is 434 g/mol. The molecule has 6 heteroatoms. The molecule has 0 saturated carbocycles. The van der Waals surface area contributed by atoms with Crippen LogP contribution >= 0.6 is 24.0 Å². The van der Waals surface area contributed by atoms with Crippen LogP contribution in [0.2, 0.25) is 0 Å². The third kappa shape index (κ3) is 7.20. The van der Waals surface area contributed by atoms with Crippen molar-refractivity contribution < 1.29 is 4.39 Å². The van der Waals surface area contributed by atoms with Gasteiger partial charge in [-0.15, -0.1) is 30.6 Å². The number of hydrogen-bond donors (Lipinski definition) is 2. The number of guanidine groups is 1. The van der Waals surface area contributed by atoms with Crippen molar-refractivity contribution in [3.8, 4) is 0 Å². The van der Waals surface area contributed by atoms with Crippen molar-refractivity contribution in [3.63, 3.8) is 0 Å². The quantitative estimate of drug-likeness (QED) is 0.285. The van der Waals surface area contributed by atoms with Crippen LogP contribution in [0.15, 0.2) is 35.8 Å². The van der Waals surface area contributed by atoms with Crippen LogP contribution in [-0.2, 0) is 6.54 Å². The largest absolute Gasteiger partial charge is 0.370 e.